The van der Waals surface area contributed by atoms with Crippen LogP contribution in [0.1, 0.15) is 33.1 Å². The zero-order valence-corrected chi connectivity index (χ0v) is 8.62. The highest BCUT2D eigenvalue weighted by Gasteiger charge is 2.40. The van der Waals surface area contributed by atoms with Gasteiger partial charge in [0.05, 0.1) is 0 Å². The number of carbonyl (C=O) groups is 2. The quantitative estimate of drug-likeness (QED) is 0.719. The van der Waals surface area contributed by atoms with Gasteiger partial charge in [0.2, 0.25) is 5.91 Å². The van der Waals surface area contributed by atoms with E-state index in [9.17, 15) is 9.59 Å². The maximum absolute atomic E-state index is 11.7. The van der Waals surface area contributed by atoms with Crippen molar-refractivity contribution >= 4 is 11.9 Å². The molecule has 0 radical (unpaired) electrons. The SMILES string of the molecule is CC(C)N1C(=O)CC(C2CC2)NC1=O. The summed E-state index contributed by atoms with van der Waals surface area (Å²) >= 11 is 0. The van der Waals surface area contributed by atoms with E-state index in [0.29, 0.717) is 12.3 Å². The Balaban J connectivity index is 2.05. The second kappa shape index (κ2) is 3.26. The fourth-order valence-corrected chi connectivity index (χ4v) is 1.98. The predicted octanol–water partition coefficient (Wildman–Crippen LogP) is 1.12. The molecule has 1 aliphatic heterocycles. The highest BCUT2D eigenvalue weighted by molar-refractivity contribution is 5.97. The lowest BCUT2D eigenvalue weighted by Crippen LogP contribution is -2.57. The number of rotatable bonds is 2. The molecule has 0 bridgehead atoms. The molecule has 4 nitrogen and oxygen atoms in total. The lowest BCUT2D eigenvalue weighted by Gasteiger charge is -2.33. The zero-order chi connectivity index (χ0) is 10.3. The van der Waals surface area contributed by atoms with Crippen LogP contribution in [0.4, 0.5) is 4.79 Å². The molecule has 78 valence electrons. The number of imide groups is 1. The zero-order valence-electron chi connectivity index (χ0n) is 8.62. The smallest absolute Gasteiger partial charge is 0.324 e. The minimum absolute atomic E-state index is 0.0272. The normalized spacial score (nSPS) is 28.2. The Bertz CT molecular complexity index is 253. The third-order valence-electron chi connectivity index (χ3n) is 2.90. The molecule has 1 aliphatic carbocycles. The fraction of sp³-hybridized carbons (Fsp3) is 0.800. The fourth-order valence-electron chi connectivity index (χ4n) is 1.98. The summed E-state index contributed by atoms with van der Waals surface area (Å²) in [5, 5.41) is 2.91. The molecule has 1 N–H and O–H groups in total. The molecule has 1 saturated heterocycles. The molecular weight excluding hydrogens is 180 g/mol. The molecule has 3 amide bonds. The van der Waals surface area contributed by atoms with Crippen molar-refractivity contribution in [1.29, 1.82) is 0 Å². The second-order valence-corrected chi connectivity index (χ2v) is 4.46. The van der Waals surface area contributed by atoms with Crippen molar-refractivity contribution in [3.8, 4) is 0 Å². The molecule has 0 aromatic heterocycles. The van der Waals surface area contributed by atoms with Gasteiger partial charge < -0.3 is 5.32 Å². The van der Waals surface area contributed by atoms with Crippen LogP contribution in [0.25, 0.3) is 0 Å². The van der Waals surface area contributed by atoms with Gasteiger partial charge in [-0.2, -0.15) is 0 Å². The van der Waals surface area contributed by atoms with Crippen molar-refractivity contribution in [3.05, 3.63) is 0 Å². The summed E-state index contributed by atoms with van der Waals surface area (Å²) in [6.45, 7) is 3.71. The number of urea groups is 1. The summed E-state index contributed by atoms with van der Waals surface area (Å²) in [6, 6.07) is -0.152. The van der Waals surface area contributed by atoms with Crippen molar-refractivity contribution in [3.63, 3.8) is 0 Å². The predicted molar refractivity (Wildman–Crippen MR) is 51.6 cm³/mol. The molecule has 1 unspecified atom stereocenters. The Kier molecular flexibility index (Phi) is 2.21. The molecule has 14 heavy (non-hydrogen) atoms. The number of nitrogens with one attached hydrogen (secondary N) is 1. The van der Waals surface area contributed by atoms with Crippen molar-refractivity contribution < 1.29 is 9.59 Å². The van der Waals surface area contributed by atoms with Crippen LogP contribution < -0.4 is 5.32 Å². The highest BCUT2D eigenvalue weighted by atomic mass is 16.2. The average Bonchev–Trinajstić information content (AvgIpc) is 2.83. The topological polar surface area (TPSA) is 49.4 Å². The number of nitrogens with zero attached hydrogens (tertiary/aromatic N) is 1. The maximum Gasteiger partial charge on any atom is 0.324 e. The summed E-state index contributed by atoms with van der Waals surface area (Å²) < 4.78 is 0. The Morgan fingerprint density at radius 1 is 1.36 bits per heavy atom. The van der Waals surface area contributed by atoms with Crippen LogP contribution in [0.5, 0.6) is 0 Å². The van der Waals surface area contributed by atoms with Crippen molar-refractivity contribution in [2.45, 2.75) is 45.2 Å². The van der Waals surface area contributed by atoms with Gasteiger partial charge in [0.15, 0.2) is 0 Å². The van der Waals surface area contributed by atoms with Crippen molar-refractivity contribution in [2.75, 3.05) is 0 Å². The minimum Gasteiger partial charge on any atom is -0.334 e. The van der Waals surface area contributed by atoms with Crippen LogP contribution in [0, 0.1) is 5.92 Å². The van der Waals surface area contributed by atoms with Crippen LogP contribution in [-0.2, 0) is 4.79 Å². The van der Waals surface area contributed by atoms with Gasteiger partial charge in [-0.15, -0.1) is 0 Å². The Morgan fingerprint density at radius 3 is 2.43 bits per heavy atom. The van der Waals surface area contributed by atoms with E-state index in [1.807, 2.05) is 13.8 Å². The molecule has 4 heteroatoms. The Labute approximate surface area is 83.6 Å². The van der Waals surface area contributed by atoms with Crippen LogP contribution in [-0.4, -0.2) is 28.9 Å². The van der Waals surface area contributed by atoms with Crippen LogP contribution in [0.15, 0.2) is 0 Å². The summed E-state index contributed by atoms with van der Waals surface area (Å²) in [5.74, 6) is 0.526. The first-order valence-electron chi connectivity index (χ1n) is 5.22. The van der Waals surface area contributed by atoms with E-state index >= 15 is 0 Å². The van der Waals surface area contributed by atoms with E-state index in [0.717, 1.165) is 12.8 Å². The first-order valence-corrected chi connectivity index (χ1v) is 5.22. The monoisotopic (exact) mass is 196 g/mol. The summed E-state index contributed by atoms with van der Waals surface area (Å²) in [4.78, 5) is 24.6. The third kappa shape index (κ3) is 1.61. The molecule has 2 aliphatic rings. The van der Waals surface area contributed by atoms with Gasteiger partial charge in [-0.3, -0.25) is 9.69 Å². The average molecular weight is 196 g/mol. The largest absolute Gasteiger partial charge is 0.334 e. The molecule has 0 spiro atoms. The standard InChI is InChI=1S/C10H16N2O2/c1-6(2)12-9(13)5-8(7-3-4-7)11-10(12)14/h6-8H,3-5H2,1-2H3,(H,11,14). The van der Waals surface area contributed by atoms with E-state index in [-0.39, 0.29) is 24.0 Å². The molecule has 2 rings (SSSR count). The van der Waals surface area contributed by atoms with E-state index in [1.54, 1.807) is 0 Å². The molecule has 1 atom stereocenters. The van der Waals surface area contributed by atoms with Gasteiger partial charge in [0.25, 0.3) is 0 Å². The molecule has 0 aromatic rings. The third-order valence-corrected chi connectivity index (χ3v) is 2.90. The molecular formula is C10H16N2O2. The maximum atomic E-state index is 11.7. The summed E-state index contributed by atoms with van der Waals surface area (Å²) in [5.41, 5.74) is 0. The van der Waals surface area contributed by atoms with E-state index in [2.05, 4.69) is 5.32 Å². The van der Waals surface area contributed by atoms with E-state index in [4.69, 9.17) is 0 Å². The first-order chi connectivity index (χ1) is 6.59. The Hall–Kier alpha value is -1.06. The number of carbonyl (C=O) groups excluding carboxylic acids is 2. The van der Waals surface area contributed by atoms with Crippen LogP contribution >= 0.6 is 0 Å². The van der Waals surface area contributed by atoms with Crippen LogP contribution in [0.2, 0.25) is 0 Å². The van der Waals surface area contributed by atoms with Gasteiger partial charge in [-0.1, -0.05) is 0 Å². The lowest BCUT2D eigenvalue weighted by atomic mass is 10.1. The first kappa shape index (κ1) is 9.49. The van der Waals surface area contributed by atoms with Gasteiger partial charge in [-0.25, -0.2) is 4.79 Å². The van der Waals surface area contributed by atoms with Gasteiger partial charge in [-0.05, 0) is 32.6 Å². The molecule has 2 fully saturated rings. The van der Waals surface area contributed by atoms with Gasteiger partial charge in [0, 0.05) is 18.5 Å². The minimum atomic E-state index is -0.215. The van der Waals surface area contributed by atoms with Crippen molar-refractivity contribution in [2.24, 2.45) is 5.92 Å². The van der Waals surface area contributed by atoms with E-state index in [1.165, 1.54) is 4.90 Å². The summed E-state index contributed by atoms with van der Waals surface area (Å²) in [7, 11) is 0. The molecule has 0 aromatic carbocycles. The number of amides is 3. The molecule has 1 saturated carbocycles. The highest BCUT2D eigenvalue weighted by Crippen LogP contribution is 2.35. The molecule has 1 heterocycles. The summed E-state index contributed by atoms with van der Waals surface area (Å²) in [6.07, 6.45) is 2.79. The van der Waals surface area contributed by atoms with E-state index < -0.39 is 0 Å². The van der Waals surface area contributed by atoms with Crippen molar-refractivity contribution in [1.82, 2.24) is 10.2 Å². The van der Waals surface area contributed by atoms with Crippen LogP contribution in [0.3, 0.4) is 0 Å². The number of hydrogen-bond donors (Lipinski definition) is 1. The number of hydrogen-bond acceptors (Lipinski definition) is 2. The second-order valence-electron chi connectivity index (χ2n) is 4.46. The van der Waals surface area contributed by atoms with Gasteiger partial charge in [0.1, 0.15) is 0 Å². The lowest BCUT2D eigenvalue weighted by molar-refractivity contribution is -0.131. The van der Waals surface area contributed by atoms with Gasteiger partial charge >= 0.3 is 6.03 Å². The Morgan fingerprint density at radius 2 is 2.00 bits per heavy atom.